The van der Waals surface area contributed by atoms with Gasteiger partial charge in [-0.2, -0.15) is 0 Å². The van der Waals surface area contributed by atoms with Crippen molar-refractivity contribution in [1.82, 2.24) is 4.90 Å². The van der Waals surface area contributed by atoms with Gasteiger partial charge in [-0.1, -0.05) is 0 Å². The highest BCUT2D eigenvalue weighted by Crippen LogP contribution is 2.21. The molecule has 1 atom stereocenters. The van der Waals surface area contributed by atoms with Gasteiger partial charge in [-0.15, -0.1) is 0 Å². The summed E-state index contributed by atoms with van der Waals surface area (Å²) < 4.78 is 0. The Morgan fingerprint density at radius 3 is 2.45 bits per heavy atom. The summed E-state index contributed by atoms with van der Waals surface area (Å²) in [5, 5.41) is 11.7. The molecular formula is C14H16N2O4. The Morgan fingerprint density at radius 2 is 1.90 bits per heavy atom. The van der Waals surface area contributed by atoms with Crippen LogP contribution in [0.4, 0.5) is 5.69 Å². The summed E-state index contributed by atoms with van der Waals surface area (Å²) in [6.45, 7) is 1.87. The smallest absolute Gasteiger partial charge is 0.326 e. The third-order valence-electron chi connectivity index (χ3n) is 3.25. The summed E-state index contributed by atoms with van der Waals surface area (Å²) in [5.74, 6) is -1.44. The van der Waals surface area contributed by atoms with E-state index in [0.29, 0.717) is 30.6 Å². The van der Waals surface area contributed by atoms with Crippen molar-refractivity contribution in [3.8, 4) is 0 Å². The molecule has 0 saturated carbocycles. The van der Waals surface area contributed by atoms with Gasteiger partial charge in [-0.05, 0) is 37.1 Å². The summed E-state index contributed by atoms with van der Waals surface area (Å²) in [6.07, 6.45) is 1.19. The lowest BCUT2D eigenvalue weighted by Gasteiger charge is -2.21. The van der Waals surface area contributed by atoms with Crippen molar-refractivity contribution >= 4 is 23.5 Å². The van der Waals surface area contributed by atoms with Crippen LogP contribution >= 0.6 is 0 Å². The van der Waals surface area contributed by atoms with E-state index in [2.05, 4.69) is 5.32 Å². The van der Waals surface area contributed by atoms with Gasteiger partial charge in [0, 0.05) is 24.7 Å². The fourth-order valence-corrected chi connectivity index (χ4v) is 2.33. The number of nitrogens with zero attached hydrogens (tertiary/aromatic N) is 1. The number of carboxylic acids is 1. The number of hydrogen-bond donors (Lipinski definition) is 2. The Morgan fingerprint density at radius 1 is 1.25 bits per heavy atom. The van der Waals surface area contributed by atoms with Crippen LogP contribution in [-0.4, -0.2) is 40.4 Å². The molecule has 0 aromatic heterocycles. The highest BCUT2D eigenvalue weighted by Gasteiger charge is 2.34. The minimum absolute atomic E-state index is 0.186. The zero-order valence-electron chi connectivity index (χ0n) is 11.1. The number of carbonyl (C=O) groups is 3. The molecule has 1 aliphatic rings. The standard InChI is InChI=1S/C14H16N2O4/c1-9(17)15-11-6-4-10(5-7-11)13(18)16-8-2-3-12(16)14(19)20/h4-7,12H,2-3,8H2,1H3,(H,15,17)(H,19,20)/t12-/m1/s1. The molecule has 2 amide bonds. The maximum atomic E-state index is 12.3. The number of rotatable bonds is 3. The second-order valence-corrected chi connectivity index (χ2v) is 4.75. The van der Waals surface area contributed by atoms with Gasteiger partial charge in [0.25, 0.3) is 5.91 Å². The van der Waals surface area contributed by atoms with Gasteiger partial charge in [0.05, 0.1) is 0 Å². The number of benzene rings is 1. The molecule has 0 unspecified atom stereocenters. The molecule has 106 valence electrons. The van der Waals surface area contributed by atoms with Gasteiger partial charge in [0.15, 0.2) is 0 Å². The van der Waals surface area contributed by atoms with Crippen LogP contribution in [0.1, 0.15) is 30.1 Å². The summed E-state index contributed by atoms with van der Waals surface area (Å²) >= 11 is 0. The van der Waals surface area contributed by atoms with Gasteiger partial charge in [0.2, 0.25) is 5.91 Å². The fraction of sp³-hybridized carbons (Fsp3) is 0.357. The average molecular weight is 276 g/mol. The maximum absolute atomic E-state index is 12.3. The number of anilines is 1. The van der Waals surface area contributed by atoms with Crippen molar-refractivity contribution in [1.29, 1.82) is 0 Å². The Balaban J connectivity index is 2.13. The van der Waals surface area contributed by atoms with Crippen LogP contribution < -0.4 is 5.32 Å². The molecule has 1 saturated heterocycles. The number of hydrogen-bond acceptors (Lipinski definition) is 3. The van der Waals surface area contributed by atoms with E-state index in [1.165, 1.54) is 11.8 Å². The summed E-state index contributed by atoms with van der Waals surface area (Å²) in [5.41, 5.74) is 1.03. The fourth-order valence-electron chi connectivity index (χ4n) is 2.33. The number of likely N-dealkylation sites (tertiary alicyclic amines) is 1. The van der Waals surface area contributed by atoms with Gasteiger partial charge in [0.1, 0.15) is 6.04 Å². The first-order chi connectivity index (χ1) is 9.49. The van der Waals surface area contributed by atoms with E-state index >= 15 is 0 Å². The topological polar surface area (TPSA) is 86.7 Å². The molecule has 1 aliphatic heterocycles. The highest BCUT2D eigenvalue weighted by molar-refractivity contribution is 5.97. The first-order valence-electron chi connectivity index (χ1n) is 6.40. The Bertz CT molecular complexity index is 539. The van der Waals surface area contributed by atoms with Crippen molar-refractivity contribution in [3.63, 3.8) is 0 Å². The van der Waals surface area contributed by atoms with Crippen LogP contribution in [0, 0.1) is 0 Å². The number of nitrogens with one attached hydrogen (secondary N) is 1. The molecule has 6 heteroatoms. The summed E-state index contributed by atoms with van der Waals surface area (Å²) in [6, 6.07) is 5.69. The molecule has 2 rings (SSSR count). The van der Waals surface area contributed by atoms with Gasteiger partial charge < -0.3 is 15.3 Å². The maximum Gasteiger partial charge on any atom is 0.326 e. The van der Waals surface area contributed by atoms with Crippen LogP contribution in [-0.2, 0) is 9.59 Å². The first kappa shape index (κ1) is 14.0. The third-order valence-corrected chi connectivity index (χ3v) is 3.25. The molecule has 0 radical (unpaired) electrons. The van der Waals surface area contributed by atoms with Gasteiger partial charge in [-0.3, -0.25) is 9.59 Å². The van der Waals surface area contributed by atoms with E-state index in [1.807, 2.05) is 0 Å². The molecule has 0 spiro atoms. The third kappa shape index (κ3) is 2.96. The van der Waals surface area contributed by atoms with Crippen molar-refractivity contribution in [2.45, 2.75) is 25.8 Å². The SMILES string of the molecule is CC(=O)Nc1ccc(C(=O)N2CCC[C@@H]2C(=O)O)cc1. The molecule has 1 fully saturated rings. The predicted octanol–water partition coefficient (Wildman–Crippen LogP) is 1.33. The van der Waals surface area contributed by atoms with Crippen molar-refractivity contribution in [2.75, 3.05) is 11.9 Å². The lowest BCUT2D eigenvalue weighted by Crippen LogP contribution is -2.40. The van der Waals surface area contributed by atoms with Gasteiger partial charge in [-0.25, -0.2) is 4.79 Å². The van der Waals surface area contributed by atoms with E-state index in [0.717, 1.165) is 0 Å². The van der Waals surface area contributed by atoms with Crippen LogP contribution in [0.25, 0.3) is 0 Å². The van der Waals surface area contributed by atoms with E-state index in [-0.39, 0.29) is 11.8 Å². The zero-order chi connectivity index (χ0) is 14.7. The molecule has 0 bridgehead atoms. The Labute approximate surface area is 116 Å². The lowest BCUT2D eigenvalue weighted by atomic mass is 10.1. The molecule has 20 heavy (non-hydrogen) atoms. The molecular weight excluding hydrogens is 260 g/mol. The molecule has 2 N–H and O–H groups in total. The number of carbonyl (C=O) groups excluding carboxylic acids is 2. The number of amides is 2. The summed E-state index contributed by atoms with van der Waals surface area (Å²) in [4.78, 5) is 35.6. The number of carboxylic acid groups (broad SMARTS) is 1. The van der Waals surface area contributed by atoms with Crippen LogP contribution in [0.2, 0.25) is 0 Å². The molecule has 6 nitrogen and oxygen atoms in total. The van der Waals surface area contributed by atoms with Crippen LogP contribution in [0.5, 0.6) is 0 Å². The average Bonchev–Trinajstić information content (AvgIpc) is 2.87. The highest BCUT2D eigenvalue weighted by atomic mass is 16.4. The first-order valence-corrected chi connectivity index (χ1v) is 6.40. The predicted molar refractivity (Wildman–Crippen MR) is 72.4 cm³/mol. The number of aliphatic carboxylic acids is 1. The second-order valence-electron chi connectivity index (χ2n) is 4.75. The Hall–Kier alpha value is -2.37. The Kier molecular flexibility index (Phi) is 4.02. The van der Waals surface area contributed by atoms with Crippen molar-refractivity contribution in [2.24, 2.45) is 0 Å². The second kappa shape index (κ2) is 5.73. The van der Waals surface area contributed by atoms with Crippen LogP contribution in [0.15, 0.2) is 24.3 Å². The molecule has 1 aromatic carbocycles. The normalized spacial score (nSPS) is 17.9. The van der Waals surface area contributed by atoms with E-state index < -0.39 is 12.0 Å². The lowest BCUT2D eigenvalue weighted by molar-refractivity contribution is -0.141. The van der Waals surface area contributed by atoms with Crippen molar-refractivity contribution in [3.05, 3.63) is 29.8 Å². The molecule has 1 heterocycles. The minimum Gasteiger partial charge on any atom is -0.480 e. The monoisotopic (exact) mass is 276 g/mol. The van der Waals surface area contributed by atoms with Crippen molar-refractivity contribution < 1.29 is 19.5 Å². The van der Waals surface area contributed by atoms with E-state index in [4.69, 9.17) is 5.11 Å². The van der Waals surface area contributed by atoms with Crippen LogP contribution in [0.3, 0.4) is 0 Å². The molecule has 1 aromatic rings. The summed E-state index contributed by atoms with van der Waals surface area (Å²) in [7, 11) is 0. The zero-order valence-corrected chi connectivity index (χ0v) is 11.1. The largest absolute Gasteiger partial charge is 0.480 e. The van der Waals surface area contributed by atoms with E-state index in [1.54, 1.807) is 24.3 Å². The van der Waals surface area contributed by atoms with E-state index in [9.17, 15) is 14.4 Å². The van der Waals surface area contributed by atoms with Gasteiger partial charge >= 0.3 is 5.97 Å². The molecule has 0 aliphatic carbocycles. The minimum atomic E-state index is -0.967. The quantitative estimate of drug-likeness (QED) is 0.872.